The number of carbonyl (C=O) groups is 2. The van der Waals surface area contributed by atoms with Crippen LogP contribution in [0.5, 0.6) is 5.75 Å². The van der Waals surface area contributed by atoms with Gasteiger partial charge in [0.15, 0.2) is 0 Å². The van der Waals surface area contributed by atoms with Crippen molar-refractivity contribution in [1.29, 1.82) is 0 Å². The maximum Gasteiger partial charge on any atom is 0.243 e. The van der Waals surface area contributed by atoms with E-state index in [1.165, 1.54) is 0 Å². The zero-order valence-corrected chi connectivity index (χ0v) is 19.6. The number of amides is 2. The Hall–Kier alpha value is -3.60. The highest BCUT2D eigenvalue weighted by Gasteiger charge is 2.30. The quantitative estimate of drug-likeness (QED) is 0.507. The minimum Gasteiger partial charge on any atom is -0.497 e. The molecule has 3 aromatic rings. The smallest absolute Gasteiger partial charge is 0.243 e. The van der Waals surface area contributed by atoms with Crippen LogP contribution in [0.4, 0.5) is 0 Å². The van der Waals surface area contributed by atoms with Crippen molar-refractivity contribution >= 4 is 11.8 Å². The van der Waals surface area contributed by atoms with E-state index in [0.717, 1.165) is 28.0 Å². The van der Waals surface area contributed by atoms with Crippen LogP contribution >= 0.6 is 0 Å². The van der Waals surface area contributed by atoms with Gasteiger partial charge in [-0.15, -0.1) is 0 Å². The largest absolute Gasteiger partial charge is 0.497 e. The molecule has 33 heavy (non-hydrogen) atoms. The van der Waals surface area contributed by atoms with Gasteiger partial charge in [0.1, 0.15) is 11.8 Å². The predicted octanol–water partition coefficient (Wildman–Crippen LogP) is 4.32. The summed E-state index contributed by atoms with van der Waals surface area (Å²) in [6.07, 6.45) is 0.678. The summed E-state index contributed by atoms with van der Waals surface area (Å²) in [7, 11) is 1.62. The summed E-state index contributed by atoms with van der Waals surface area (Å²) in [4.78, 5) is 28.6. The molecule has 0 spiro atoms. The Kier molecular flexibility index (Phi) is 8.64. The second-order valence-corrected chi connectivity index (χ2v) is 8.08. The zero-order valence-electron chi connectivity index (χ0n) is 19.6. The van der Waals surface area contributed by atoms with E-state index in [9.17, 15) is 9.59 Å². The fourth-order valence-corrected chi connectivity index (χ4v) is 3.89. The highest BCUT2D eigenvalue weighted by atomic mass is 16.5. The van der Waals surface area contributed by atoms with Crippen LogP contribution in [0.15, 0.2) is 78.9 Å². The number of nitrogens with zero attached hydrogens (tertiary/aromatic N) is 1. The van der Waals surface area contributed by atoms with Gasteiger partial charge in [0.05, 0.1) is 13.5 Å². The number of hydrogen-bond acceptors (Lipinski definition) is 3. The predicted molar refractivity (Wildman–Crippen MR) is 131 cm³/mol. The molecular formula is C28H32N2O3. The molecule has 0 unspecified atom stereocenters. The van der Waals surface area contributed by atoms with Gasteiger partial charge in [-0.05, 0) is 48.2 Å². The third kappa shape index (κ3) is 6.69. The normalized spacial score (nSPS) is 11.5. The average molecular weight is 445 g/mol. The molecule has 1 N–H and O–H groups in total. The van der Waals surface area contributed by atoms with Gasteiger partial charge in [-0.2, -0.15) is 0 Å². The standard InChI is InChI=1S/C28H32N2O3/c1-4-29-28(32)26(18-22-12-6-5-7-13-22)30(20-23-14-10-16-25(17-23)33-3)27(31)19-24-15-9-8-11-21(24)2/h5-17,26H,4,18-20H2,1-3H3,(H,29,32)/t26-/m1/s1. The third-order valence-corrected chi connectivity index (χ3v) is 5.71. The van der Waals surface area contributed by atoms with Gasteiger partial charge in [0, 0.05) is 19.5 Å². The fraction of sp³-hybridized carbons (Fsp3) is 0.286. The number of likely N-dealkylation sites (N-methyl/N-ethyl adjacent to an activating group) is 1. The van der Waals surface area contributed by atoms with E-state index in [-0.39, 0.29) is 18.2 Å². The van der Waals surface area contributed by atoms with Crippen molar-refractivity contribution in [3.05, 3.63) is 101 Å². The summed E-state index contributed by atoms with van der Waals surface area (Å²) in [6.45, 7) is 4.71. The highest BCUT2D eigenvalue weighted by molar-refractivity contribution is 5.89. The number of hydrogen-bond donors (Lipinski definition) is 1. The van der Waals surface area contributed by atoms with Gasteiger partial charge >= 0.3 is 0 Å². The van der Waals surface area contributed by atoms with Crippen molar-refractivity contribution < 1.29 is 14.3 Å². The molecule has 0 aromatic heterocycles. The number of nitrogens with one attached hydrogen (secondary N) is 1. The number of rotatable bonds is 10. The molecule has 3 aromatic carbocycles. The van der Waals surface area contributed by atoms with Gasteiger partial charge < -0.3 is 15.0 Å². The van der Waals surface area contributed by atoms with Crippen molar-refractivity contribution in [2.45, 2.75) is 39.3 Å². The van der Waals surface area contributed by atoms with E-state index >= 15 is 0 Å². The van der Waals surface area contributed by atoms with E-state index < -0.39 is 6.04 Å². The molecular weight excluding hydrogens is 412 g/mol. The van der Waals surface area contributed by atoms with Crippen LogP contribution in [0.3, 0.4) is 0 Å². The lowest BCUT2D eigenvalue weighted by atomic mass is 10.00. The Morgan fingerprint density at radius 3 is 2.33 bits per heavy atom. The van der Waals surface area contributed by atoms with E-state index in [4.69, 9.17) is 4.74 Å². The lowest BCUT2D eigenvalue weighted by molar-refractivity contribution is -0.140. The van der Waals surface area contributed by atoms with Crippen LogP contribution in [-0.4, -0.2) is 36.4 Å². The lowest BCUT2D eigenvalue weighted by Crippen LogP contribution is -2.51. The first-order valence-electron chi connectivity index (χ1n) is 11.3. The van der Waals surface area contributed by atoms with E-state index in [1.54, 1.807) is 12.0 Å². The number of benzene rings is 3. The Bertz CT molecular complexity index is 1070. The molecule has 0 aliphatic rings. The maximum atomic E-state index is 13.7. The van der Waals surface area contributed by atoms with Crippen molar-refractivity contribution in [3.63, 3.8) is 0 Å². The summed E-state index contributed by atoms with van der Waals surface area (Å²) >= 11 is 0. The highest BCUT2D eigenvalue weighted by Crippen LogP contribution is 2.20. The minimum atomic E-state index is -0.630. The second kappa shape index (κ2) is 11.9. The molecule has 3 rings (SSSR count). The monoisotopic (exact) mass is 444 g/mol. The molecule has 5 heteroatoms. The van der Waals surface area contributed by atoms with Crippen LogP contribution in [0.25, 0.3) is 0 Å². The van der Waals surface area contributed by atoms with Gasteiger partial charge in [0.25, 0.3) is 0 Å². The minimum absolute atomic E-state index is 0.0840. The maximum absolute atomic E-state index is 13.7. The van der Waals surface area contributed by atoms with Gasteiger partial charge in [-0.25, -0.2) is 0 Å². The van der Waals surface area contributed by atoms with Gasteiger partial charge in [0.2, 0.25) is 11.8 Å². The summed E-state index contributed by atoms with van der Waals surface area (Å²) in [6, 6.07) is 24.7. The summed E-state index contributed by atoms with van der Waals surface area (Å²) in [5.41, 5.74) is 3.94. The second-order valence-electron chi connectivity index (χ2n) is 8.08. The molecule has 0 bridgehead atoms. The first kappa shape index (κ1) is 24.1. The van der Waals surface area contributed by atoms with E-state index in [2.05, 4.69) is 5.32 Å². The van der Waals surface area contributed by atoms with Crippen molar-refractivity contribution in [3.8, 4) is 5.75 Å². The van der Waals surface area contributed by atoms with Crippen LogP contribution in [0.1, 0.15) is 29.2 Å². The van der Waals surface area contributed by atoms with Gasteiger partial charge in [-0.1, -0.05) is 66.7 Å². The molecule has 0 saturated carbocycles. The SMILES string of the molecule is CCNC(=O)[C@@H](Cc1ccccc1)N(Cc1cccc(OC)c1)C(=O)Cc1ccccc1C. The van der Waals surface area contributed by atoms with E-state index in [1.807, 2.05) is 92.7 Å². The molecule has 0 fully saturated rings. The Labute approximate surface area is 196 Å². The summed E-state index contributed by atoms with van der Waals surface area (Å²) in [5, 5.41) is 2.93. The first-order chi connectivity index (χ1) is 16.0. The van der Waals surface area contributed by atoms with Crippen molar-refractivity contribution in [1.82, 2.24) is 10.2 Å². The molecule has 0 radical (unpaired) electrons. The Morgan fingerprint density at radius 2 is 1.64 bits per heavy atom. The Balaban J connectivity index is 1.97. The van der Waals surface area contributed by atoms with Crippen molar-refractivity contribution in [2.75, 3.05) is 13.7 Å². The van der Waals surface area contributed by atoms with Gasteiger partial charge in [-0.3, -0.25) is 9.59 Å². The molecule has 1 atom stereocenters. The van der Waals surface area contributed by atoms with Crippen LogP contribution in [0.2, 0.25) is 0 Å². The summed E-state index contributed by atoms with van der Waals surface area (Å²) < 4.78 is 5.37. The number of methoxy groups -OCH3 is 1. The van der Waals surface area contributed by atoms with Crippen LogP contribution in [-0.2, 0) is 29.0 Å². The fourth-order valence-electron chi connectivity index (χ4n) is 3.89. The third-order valence-electron chi connectivity index (χ3n) is 5.71. The topological polar surface area (TPSA) is 58.6 Å². The Morgan fingerprint density at radius 1 is 0.939 bits per heavy atom. The average Bonchev–Trinajstić information content (AvgIpc) is 2.83. The summed E-state index contributed by atoms with van der Waals surface area (Å²) in [5.74, 6) is 0.484. The number of carbonyl (C=O) groups excluding carboxylic acids is 2. The molecule has 172 valence electrons. The molecule has 0 aliphatic heterocycles. The van der Waals surface area contributed by atoms with E-state index in [0.29, 0.717) is 19.5 Å². The molecule has 0 heterocycles. The molecule has 5 nitrogen and oxygen atoms in total. The molecule has 0 saturated heterocycles. The van der Waals surface area contributed by atoms with Crippen LogP contribution in [0, 0.1) is 6.92 Å². The number of ether oxygens (including phenoxy) is 1. The van der Waals surface area contributed by atoms with Crippen LogP contribution < -0.4 is 10.1 Å². The number of aryl methyl sites for hydroxylation is 1. The molecule has 2 amide bonds. The zero-order chi connectivity index (χ0) is 23.6. The lowest BCUT2D eigenvalue weighted by Gasteiger charge is -2.32. The van der Waals surface area contributed by atoms with Crippen molar-refractivity contribution in [2.24, 2.45) is 0 Å². The molecule has 0 aliphatic carbocycles. The first-order valence-corrected chi connectivity index (χ1v) is 11.3.